The number of aromatic carboxylic acids is 1. The Morgan fingerprint density at radius 2 is 1.57 bits per heavy atom. The first kappa shape index (κ1) is 29.3. The zero-order valence-electron chi connectivity index (χ0n) is 21.6. The quantitative estimate of drug-likeness (QED) is 0.136. The normalized spacial score (nSPS) is 11.8. The molecule has 5 aromatic rings. The van der Waals surface area contributed by atoms with Crippen LogP contribution in [-0.4, -0.2) is 25.8 Å². The van der Waals surface area contributed by atoms with Gasteiger partial charge in [0.25, 0.3) is 0 Å². The second-order valence-corrected chi connectivity index (χ2v) is 11.8. The van der Waals surface area contributed by atoms with Crippen LogP contribution in [0.5, 0.6) is 0 Å². The van der Waals surface area contributed by atoms with Crippen molar-refractivity contribution in [2.45, 2.75) is 12.2 Å². The summed E-state index contributed by atoms with van der Waals surface area (Å²) in [4.78, 5) is 36.0. The van der Waals surface area contributed by atoms with Gasteiger partial charge in [0.05, 0.1) is 18.3 Å². The number of hydrogen-bond donors (Lipinski definition) is 3. The van der Waals surface area contributed by atoms with E-state index >= 15 is 0 Å². The summed E-state index contributed by atoms with van der Waals surface area (Å²) in [5.74, 6) is -0.574. The minimum absolute atomic E-state index is 0.134. The third-order valence-corrected chi connectivity index (χ3v) is 8.12. The number of halogens is 3. The lowest BCUT2D eigenvalue weighted by Gasteiger charge is -2.23. The molecule has 0 radical (unpaired) electrons. The Morgan fingerprint density at radius 1 is 0.929 bits per heavy atom. The Bertz CT molecular complexity index is 1790. The van der Waals surface area contributed by atoms with Crippen LogP contribution in [0.15, 0.2) is 112 Å². The van der Waals surface area contributed by atoms with E-state index in [0.717, 1.165) is 11.6 Å². The first-order chi connectivity index (χ1) is 20.0. The third kappa shape index (κ3) is 5.91. The summed E-state index contributed by atoms with van der Waals surface area (Å²) in [6.07, 6.45) is 1.55. The number of para-hydroxylation sites is 1. The van der Waals surface area contributed by atoms with Gasteiger partial charge in [0.1, 0.15) is 0 Å². The number of hydrogen-bond acceptors (Lipinski definition) is 5. The molecule has 0 amide bonds. The molecule has 0 aliphatic carbocycles. The Kier molecular flexibility index (Phi) is 8.12. The molecule has 3 N–H and O–H groups in total. The number of benzene rings is 4. The number of nitrogens with zero attached hydrogens (tertiary/aromatic N) is 2. The molecule has 0 fully saturated rings. The molecule has 0 aliphatic heterocycles. The molecule has 0 aliphatic rings. The summed E-state index contributed by atoms with van der Waals surface area (Å²) in [5, 5.41) is 9.52. The monoisotopic (exact) mass is 654 g/mol. The summed E-state index contributed by atoms with van der Waals surface area (Å²) in [6.45, 7) is 0.134. The molecule has 8 nitrogen and oxygen atoms in total. The average Bonchev–Trinajstić information content (AvgIpc) is 3.46. The molecular formula is C30H22BrF2N2O6P. The van der Waals surface area contributed by atoms with E-state index in [0.29, 0.717) is 28.1 Å². The van der Waals surface area contributed by atoms with Crippen LogP contribution >= 0.6 is 23.5 Å². The van der Waals surface area contributed by atoms with Gasteiger partial charge in [-0.15, -0.1) is 0 Å². The van der Waals surface area contributed by atoms with Gasteiger partial charge in [-0.1, -0.05) is 88.7 Å². The fraction of sp³-hybridized carbons (Fsp3) is 0.0667. The number of alkyl halides is 2. The molecule has 4 aromatic carbocycles. The maximum absolute atomic E-state index is 14.3. The zero-order chi connectivity index (χ0) is 30.1. The SMILES string of the molecule is O=C(O)c1ccccc1-c1ccc(-c2cnc(N(Cc3ccc(C(F)(F)P(=O)(O)O)c(Br)c3)c3ccccc3)o2)cc1. The predicted molar refractivity (Wildman–Crippen MR) is 157 cm³/mol. The summed E-state index contributed by atoms with van der Waals surface area (Å²) in [7, 11) is -5.73. The van der Waals surface area contributed by atoms with Gasteiger partial charge in [-0.05, 0) is 41.0 Å². The van der Waals surface area contributed by atoms with Crippen LogP contribution in [0.4, 0.5) is 20.5 Å². The van der Waals surface area contributed by atoms with E-state index in [-0.39, 0.29) is 22.6 Å². The number of carbonyl (C=O) groups is 1. The number of rotatable bonds is 9. The van der Waals surface area contributed by atoms with Gasteiger partial charge in [-0.2, -0.15) is 8.78 Å². The number of anilines is 2. The third-order valence-electron chi connectivity index (χ3n) is 6.49. The largest absolute Gasteiger partial charge is 0.478 e. The van der Waals surface area contributed by atoms with Crippen LogP contribution in [0.1, 0.15) is 21.5 Å². The maximum Gasteiger partial charge on any atom is 0.399 e. The summed E-state index contributed by atoms with van der Waals surface area (Å²) < 4.78 is 46.0. The van der Waals surface area contributed by atoms with Crippen molar-refractivity contribution in [3.8, 4) is 22.5 Å². The van der Waals surface area contributed by atoms with Crippen LogP contribution in [0.25, 0.3) is 22.5 Å². The Balaban J connectivity index is 1.45. The van der Waals surface area contributed by atoms with E-state index in [1.807, 2.05) is 30.3 Å². The molecule has 12 heteroatoms. The second kappa shape index (κ2) is 11.6. The van der Waals surface area contributed by atoms with Crippen LogP contribution in [0, 0.1) is 0 Å². The molecule has 0 saturated carbocycles. The summed E-state index contributed by atoms with van der Waals surface area (Å²) >= 11 is 3.03. The van der Waals surface area contributed by atoms with Crippen LogP contribution in [0.3, 0.4) is 0 Å². The van der Waals surface area contributed by atoms with Crippen LogP contribution in [-0.2, 0) is 16.8 Å². The van der Waals surface area contributed by atoms with Gasteiger partial charge < -0.3 is 19.3 Å². The molecule has 0 saturated heterocycles. The molecule has 1 heterocycles. The van der Waals surface area contributed by atoms with E-state index in [2.05, 4.69) is 20.9 Å². The van der Waals surface area contributed by atoms with E-state index in [1.54, 1.807) is 59.6 Å². The zero-order valence-corrected chi connectivity index (χ0v) is 24.0. The van der Waals surface area contributed by atoms with Gasteiger partial charge in [-0.3, -0.25) is 9.46 Å². The highest BCUT2D eigenvalue weighted by Crippen LogP contribution is 2.60. The Labute approximate surface area is 247 Å². The fourth-order valence-corrected chi connectivity index (χ4v) is 5.71. The summed E-state index contributed by atoms with van der Waals surface area (Å²) in [5.41, 5.74) is -1.74. The molecule has 0 unspecified atom stereocenters. The number of aromatic nitrogens is 1. The molecule has 0 bridgehead atoms. The van der Waals surface area contributed by atoms with Crippen LogP contribution < -0.4 is 4.90 Å². The first-order valence-electron chi connectivity index (χ1n) is 12.4. The van der Waals surface area contributed by atoms with Crippen molar-refractivity contribution >= 4 is 41.2 Å². The smallest absolute Gasteiger partial charge is 0.399 e. The lowest BCUT2D eigenvalue weighted by atomic mass is 9.98. The highest BCUT2D eigenvalue weighted by atomic mass is 79.9. The molecule has 214 valence electrons. The van der Waals surface area contributed by atoms with Crippen molar-refractivity contribution in [3.63, 3.8) is 0 Å². The van der Waals surface area contributed by atoms with Crippen LogP contribution in [0.2, 0.25) is 0 Å². The fourth-order valence-electron chi connectivity index (χ4n) is 4.38. The number of carboxylic acid groups (broad SMARTS) is 1. The molecule has 5 rings (SSSR count). The van der Waals surface area contributed by atoms with E-state index < -0.39 is 24.8 Å². The second-order valence-electron chi connectivity index (χ2n) is 9.26. The standard InChI is InChI=1S/C30H22BrF2N2O6P/c31-26-16-19(10-15-25(26)30(32,33)42(38,39)40)18-35(22-6-2-1-3-7-22)29-34-17-27(41-29)21-13-11-20(12-14-21)23-8-4-5-9-24(23)28(36)37/h1-17H,18H2,(H,36,37)(H2,38,39,40). The van der Waals surface area contributed by atoms with Gasteiger partial charge in [-0.25, -0.2) is 9.78 Å². The lowest BCUT2D eigenvalue weighted by molar-refractivity contribution is 0.0557. The van der Waals surface area contributed by atoms with Crippen molar-refractivity contribution in [1.29, 1.82) is 0 Å². The van der Waals surface area contributed by atoms with E-state index in [9.17, 15) is 23.2 Å². The van der Waals surface area contributed by atoms with Gasteiger partial charge in [0, 0.05) is 21.3 Å². The molecular weight excluding hydrogens is 633 g/mol. The van der Waals surface area contributed by atoms with Crippen molar-refractivity contribution in [3.05, 3.63) is 124 Å². The minimum Gasteiger partial charge on any atom is -0.478 e. The van der Waals surface area contributed by atoms with E-state index in [1.165, 1.54) is 12.1 Å². The number of oxazole rings is 1. The van der Waals surface area contributed by atoms with E-state index in [4.69, 9.17) is 14.2 Å². The highest BCUT2D eigenvalue weighted by molar-refractivity contribution is 9.10. The maximum atomic E-state index is 14.3. The Morgan fingerprint density at radius 3 is 2.21 bits per heavy atom. The number of carboxylic acids is 1. The molecule has 42 heavy (non-hydrogen) atoms. The Hall–Kier alpha value is -4.15. The lowest BCUT2D eigenvalue weighted by Crippen LogP contribution is -2.18. The van der Waals surface area contributed by atoms with Gasteiger partial charge in [0.2, 0.25) is 0 Å². The predicted octanol–water partition coefficient (Wildman–Crippen LogP) is 8.03. The van der Waals surface area contributed by atoms with Gasteiger partial charge in [0.15, 0.2) is 5.76 Å². The van der Waals surface area contributed by atoms with Crippen molar-refractivity contribution in [2.24, 2.45) is 0 Å². The van der Waals surface area contributed by atoms with Gasteiger partial charge >= 0.3 is 25.2 Å². The topological polar surface area (TPSA) is 124 Å². The van der Waals surface area contributed by atoms with Crippen molar-refractivity contribution in [1.82, 2.24) is 4.98 Å². The molecule has 0 atom stereocenters. The molecule has 1 aromatic heterocycles. The van der Waals surface area contributed by atoms with Crippen molar-refractivity contribution in [2.75, 3.05) is 4.90 Å². The highest BCUT2D eigenvalue weighted by Gasteiger charge is 2.51. The van der Waals surface area contributed by atoms with Crippen molar-refractivity contribution < 1.29 is 37.5 Å². The molecule has 0 spiro atoms. The first-order valence-corrected chi connectivity index (χ1v) is 14.8. The average molecular weight is 655 g/mol. The summed E-state index contributed by atoms with van der Waals surface area (Å²) in [6, 6.07) is 26.9. The minimum atomic E-state index is -5.73.